The van der Waals surface area contributed by atoms with E-state index in [1.165, 1.54) is 28.8 Å². The molecule has 1 aliphatic heterocycles. The quantitative estimate of drug-likeness (QED) is 0.500. The fourth-order valence-electron chi connectivity index (χ4n) is 3.75. The molecule has 0 bridgehead atoms. The van der Waals surface area contributed by atoms with Gasteiger partial charge in [-0.05, 0) is 25.1 Å². The summed E-state index contributed by atoms with van der Waals surface area (Å²) in [7, 11) is 0. The van der Waals surface area contributed by atoms with Crippen molar-refractivity contribution in [3.05, 3.63) is 62.2 Å². The van der Waals surface area contributed by atoms with E-state index in [9.17, 15) is 23.5 Å². The highest BCUT2D eigenvalue weighted by Crippen LogP contribution is 2.31. The van der Waals surface area contributed by atoms with Crippen LogP contribution in [0.15, 0.2) is 35.3 Å². The third kappa shape index (κ3) is 4.86. The Morgan fingerprint density at radius 2 is 1.91 bits per heavy atom. The monoisotopic (exact) mass is 497 g/mol. The van der Waals surface area contributed by atoms with E-state index in [0.717, 1.165) is 0 Å². The number of halogens is 4. The van der Waals surface area contributed by atoms with Crippen LogP contribution in [-0.2, 0) is 0 Å². The second-order valence-electron chi connectivity index (χ2n) is 7.80. The second-order valence-corrected chi connectivity index (χ2v) is 8.63. The number of pyridine rings is 2. The molecule has 0 unspecified atom stereocenters. The zero-order chi connectivity index (χ0) is 23.9. The molecule has 0 aromatic carbocycles. The first-order valence-corrected chi connectivity index (χ1v) is 10.8. The number of anilines is 2. The van der Waals surface area contributed by atoms with Crippen LogP contribution < -0.4 is 15.8 Å². The Balaban J connectivity index is 1.75. The lowest BCUT2D eigenvalue weighted by Gasteiger charge is -2.32. The number of nitrogens with one attached hydrogen (secondary N) is 1. The molecule has 0 saturated carbocycles. The predicted octanol–water partition coefficient (Wildman–Crippen LogP) is 4.50. The summed E-state index contributed by atoms with van der Waals surface area (Å²) in [4.78, 5) is 34.4. The maximum atomic E-state index is 13.6. The number of carbonyl (C=O) groups is 1. The standard InChI is InChI=1S/C21H19Cl2F2N5O3/c1-11(26-14-2-3-15(23)27-18(14)20(32)33)13-8-12(22)10-30-17(31)9-16(28-19(13)30)29-6-4-21(24,25)5-7-29/h2-3,8-11,26H,4-7H2,1H3,(H,32,33)/t11-/m1/s1. The summed E-state index contributed by atoms with van der Waals surface area (Å²) in [6.45, 7) is 1.89. The van der Waals surface area contributed by atoms with Gasteiger partial charge >= 0.3 is 5.97 Å². The van der Waals surface area contributed by atoms with E-state index in [4.69, 9.17) is 23.2 Å². The molecule has 0 aliphatic carbocycles. The number of carboxylic acids is 1. The lowest BCUT2D eigenvalue weighted by atomic mass is 10.1. The minimum absolute atomic E-state index is 0.0313. The fraction of sp³-hybridized carbons (Fsp3) is 0.333. The SMILES string of the molecule is C[C@@H](Nc1ccc(Cl)nc1C(=O)O)c1cc(Cl)cn2c(=O)cc(N3CCC(F)(F)CC3)nc12. The van der Waals surface area contributed by atoms with Gasteiger partial charge in [-0.15, -0.1) is 0 Å². The van der Waals surface area contributed by atoms with E-state index >= 15 is 0 Å². The zero-order valence-corrected chi connectivity index (χ0v) is 18.9. The highest BCUT2D eigenvalue weighted by Gasteiger charge is 2.34. The molecular weight excluding hydrogens is 479 g/mol. The molecule has 4 heterocycles. The van der Waals surface area contributed by atoms with Crippen molar-refractivity contribution in [1.82, 2.24) is 14.4 Å². The van der Waals surface area contributed by atoms with Crippen molar-refractivity contribution in [2.24, 2.45) is 0 Å². The number of nitrogens with zero attached hydrogens (tertiary/aromatic N) is 4. The molecule has 0 radical (unpaired) electrons. The van der Waals surface area contributed by atoms with E-state index in [1.54, 1.807) is 17.9 Å². The van der Waals surface area contributed by atoms with Crippen molar-refractivity contribution in [2.75, 3.05) is 23.3 Å². The highest BCUT2D eigenvalue weighted by atomic mass is 35.5. The van der Waals surface area contributed by atoms with Crippen LogP contribution in [0.4, 0.5) is 20.3 Å². The molecule has 33 heavy (non-hydrogen) atoms. The maximum Gasteiger partial charge on any atom is 0.356 e. The second kappa shape index (κ2) is 8.75. The summed E-state index contributed by atoms with van der Waals surface area (Å²) in [5.74, 6) is -3.69. The molecule has 12 heteroatoms. The summed E-state index contributed by atoms with van der Waals surface area (Å²) in [6, 6.07) is 5.29. The molecule has 0 amide bonds. The summed E-state index contributed by atoms with van der Waals surface area (Å²) >= 11 is 12.1. The van der Waals surface area contributed by atoms with Crippen molar-refractivity contribution < 1.29 is 18.7 Å². The van der Waals surface area contributed by atoms with Crippen LogP contribution in [0, 0.1) is 0 Å². The van der Waals surface area contributed by atoms with Crippen molar-refractivity contribution in [1.29, 1.82) is 0 Å². The summed E-state index contributed by atoms with van der Waals surface area (Å²) in [5.41, 5.74) is 0.325. The minimum Gasteiger partial charge on any atom is -0.476 e. The van der Waals surface area contributed by atoms with E-state index in [0.29, 0.717) is 11.4 Å². The molecule has 4 rings (SSSR count). The van der Waals surface area contributed by atoms with Crippen LogP contribution in [0.5, 0.6) is 0 Å². The van der Waals surface area contributed by atoms with Gasteiger partial charge in [0.2, 0.25) is 0 Å². The number of alkyl halides is 2. The molecule has 1 saturated heterocycles. The summed E-state index contributed by atoms with van der Waals surface area (Å²) in [6.07, 6.45) is 0.783. The van der Waals surface area contributed by atoms with Crippen LogP contribution in [0.25, 0.3) is 5.65 Å². The van der Waals surface area contributed by atoms with E-state index in [-0.39, 0.29) is 53.1 Å². The van der Waals surface area contributed by atoms with Crippen molar-refractivity contribution in [3.8, 4) is 0 Å². The van der Waals surface area contributed by atoms with Gasteiger partial charge in [0.1, 0.15) is 16.6 Å². The third-order valence-electron chi connectivity index (χ3n) is 5.46. The van der Waals surface area contributed by atoms with Crippen molar-refractivity contribution >= 4 is 46.3 Å². The molecule has 174 valence electrons. The van der Waals surface area contributed by atoms with E-state index < -0.39 is 23.5 Å². The van der Waals surface area contributed by atoms with Gasteiger partial charge < -0.3 is 15.3 Å². The van der Waals surface area contributed by atoms with E-state index in [1.807, 2.05) is 0 Å². The Morgan fingerprint density at radius 1 is 1.21 bits per heavy atom. The van der Waals surface area contributed by atoms with Crippen molar-refractivity contribution in [3.63, 3.8) is 0 Å². The molecule has 3 aromatic heterocycles. The van der Waals surface area contributed by atoms with Gasteiger partial charge in [0, 0.05) is 43.8 Å². The van der Waals surface area contributed by atoms with Crippen molar-refractivity contribution in [2.45, 2.75) is 31.7 Å². The predicted molar refractivity (Wildman–Crippen MR) is 121 cm³/mol. The lowest BCUT2D eigenvalue weighted by Crippen LogP contribution is -2.40. The molecule has 0 spiro atoms. The first kappa shape index (κ1) is 23.2. The number of fused-ring (bicyclic) bond motifs is 1. The fourth-order valence-corrected chi connectivity index (χ4v) is 4.11. The molecular formula is C21H19Cl2F2N5O3. The Kier molecular flexibility index (Phi) is 6.15. The van der Waals surface area contributed by atoms with Gasteiger partial charge in [-0.3, -0.25) is 9.20 Å². The molecule has 3 aromatic rings. The first-order valence-electron chi connectivity index (χ1n) is 10.1. The Hall–Kier alpha value is -2.98. The molecule has 2 N–H and O–H groups in total. The molecule has 8 nitrogen and oxygen atoms in total. The number of carboxylic acid groups (broad SMARTS) is 1. The topological polar surface area (TPSA) is 99.8 Å². The lowest BCUT2D eigenvalue weighted by molar-refractivity contribution is -0.0221. The van der Waals surface area contributed by atoms with E-state index in [2.05, 4.69) is 15.3 Å². The van der Waals surface area contributed by atoms with Crippen LogP contribution in [-0.4, -0.2) is 44.5 Å². The van der Waals surface area contributed by atoms with Crippen LogP contribution >= 0.6 is 23.2 Å². The van der Waals surface area contributed by atoms with Crippen LogP contribution in [0.3, 0.4) is 0 Å². The number of aromatic nitrogens is 3. The molecule has 1 atom stereocenters. The van der Waals surface area contributed by atoms with Crippen LogP contribution in [0.1, 0.15) is 41.9 Å². The molecule has 1 fully saturated rings. The van der Waals surface area contributed by atoms with Gasteiger partial charge in [0.25, 0.3) is 11.5 Å². The largest absolute Gasteiger partial charge is 0.476 e. The Morgan fingerprint density at radius 3 is 2.58 bits per heavy atom. The number of hydrogen-bond acceptors (Lipinski definition) is 6. The van der Waals surface area contributed by atoms with Gasteiger partial charge in [-0.2, -0.15) is 0 Å². The number of rotatable bonds is 5. The minimum atomic E-state index is -2.73. The first-order chi connectivity index (χ1) is 15.5. The average Bonchev–Trinajstić information content (AvgIpc) is 2.74. The van der Waals surface area contributed by atoms with Gasteiger partial charge in [0.05, 0.1) is 16.8 Å². The third-order valence-corrected chi connectivity index (χ3v) is 5.88. The summed E-state index contributed by atoms with van der Waals surface area (Å²) < 4.78 is 28.4. The Bertz CT molecular complexity index is 1290. The van der Waals surface area contributed by atoms with Gasteiger partial charge in [-0.25, -0.2) is 23.5 Å². The Labute approximate surface area is 196 Å². The molecule has 1 aliphatic rings. The van der Waals surface area contributed by atoms with Gasteiger partial charge in [0.15, 0.2) is 5.69 Å². The zero-order valence-electron chi connectivity index (χ0n) is 17.4. The van der Waals surface area contributed by atoms with Crippen LogP contribution in [0.2, 0.25) is 10.2 Å². The van der Waals surface area contributed by atoms with Gasteiger partial charge in [-0.1, -0.05) is 23.2 Å². The smallest absolute Gasteiger partial charge is 0.356 e. The highest BCUT2D eigenvalue weighted by molar-refractivity contribution is 6.30. The number of piperidine rings is 1. The number of aromatic carboxylic acids is 1. The summed E-state index contributed by atoms with van der Waals surface area (Å²) in [5, 5.41) is 12.8. The number of hydrogen-bond donors (Lipinski definition) is 2. The average molecular weight is 498 g/mol. The normalized spacial score (nSPS) is 16.6. The maximum absolute atomic E-state index is 13.6.